The minimum atomic E-state index is -3.48. The molecule has 0 radical (unpaired) electrons. The second-order valence-corrected chi connectivity index (χ2v) is 11.0. The summed E-state index contributed by atoms with van der Waals surface area (Å²) in [6.07, 6.45) is 7.05. The highest BCUT2D eigenvalue weighted by Gasteiger charge is 2.26. The van der Waals surface area contributed by atoms with Gasteiger partial charge in [-0.3, -0.25) is 4.79 Å². The van der Waals surface area contributed by atoms with E-state index in [4.69, 9.17) is 4.74 Å². The molecule has 2 aromatic rings. The molecular weight excluding hydrogens is 436 g/mol. The lowest BCUT2D eigenvalue weighted by Crippen LogP contribution is -2.41. The summed E-state index contributed by atoms with van der Waals surface area (Å²) in [5.41, 5.74) is 1.35. The van der Waals surface area contributed by atoms with Crippen LogP contribution in [0.5, 0.6) is 5.75 Å². The third kappa shape index (κ3) is 6.36. The first kappa shape index (κ1) is 23.8. The topological polar surface area (TPSA) is 66.9 Å². The summed E-state index contributed by atoms with van der Waals surface area (Å²) in [6.45, 7) is 2.65. The van der Waals surface area contributed by atoms with Gasteiger partial charge in [-0.05, 0) is 67.9 Å². The second-order valence-electron chi connectivity index (χ2n) is 9.09. The highest BCUT2D eigenvalue weighted by atomic mass is 32.2. The molecule has 33 heavy (non-hydrogen) atoms. The highest BCUT2D eigenvalue weighted by Crippen LogP contribution is 2.24. The molecule has 1 amide bonds. The largest absolute Gasteiger partial charge is 0.484 e. The molecule has 2 fully saturated rings. The lowest BCUT2D eigenvalue weighted by molar-refractivity contribution is -0.134. The van der Waals surface area contributed by atoms with Gasteiger partial charge in [-0.25, -0.2) is 8.42 Å². The number of rotatable bonds is 7. The molecule has 2 aromatic carbocycles. The summed E-state index contributed by atoms with van der Waals surface area (Å²) in [4.78, 5) is 14.8. The standard InChI is InChI=1S/C26H34N2O4S/c29-26(27-18-14-23(15-19-27)20-22-8-4-3-5-9-22)21-32-24-10-12-25(13-11-24)33(30,31)28-16-6-1-2-7-17-28/h3-5,8-13,23H,1-2,6-7,14-21H2. The van der Waals surface area contributed by atoms with E-state index in [1.165, 1.54) is 5.56 Å². The summed E-state index contributed by atoms with van der Waals surface area (Å²) < 4.78 is 33.0. The lowest BCUT2D eigenvalue weighted by atomic mass is 9.90. The molecule has 2 saturated heterocycles. The first-order valence-corrected chi connectivity index (χ1v) is 13.5. The van der Waals surface area contributed by atoms with E-state index in [9.17, 15) is 13.2 Å². The Morgan fingerprint density at radius 2 is 1.48 bits per heavy atom. The number of hydrogen-bond acceptors (Lipinski definition) is 4. The summed E-state index contributed by atoms with van der Waals surface area (Å²) in [5.74, 6) is 1.10. The van der Waals surface area contributed by atoms with E-state index in [1.807, 2.05) is 11.0 Å². The molecule has 178 valence electrons. The molecule has 2 aliphatic heterocycles. The molecular formula is C26H34N2O4S. The average Bonchev–Trinajstić information content (AvgIpc) is 3.14. The monoisotopic (exact) mass is 470 g/mol. The number of ether oxygens (including phenoxy) is 1. The van der Waals surface area contributed by atoms with Crippen molar-refractivity contribution in [3.63, 3.8) is 0 Å². The van der Waals surface area contributed by atoms with Crippen LogP contribution in [-0.2, 0) is 21.2 Å². The Morgan fingerprint density at radius 1 is 0.848 bits per heavy atom. The quantitative estimate of drug-likeness (QED) is 0.611. The fraction of sp³-hybridized carbons (Fsp3) is 0.500. The fourth-order valence-electron chi connectivity index (χ4n) is 4.71. The van der Waals surface area contributed by atoms with Crippen LogP contribution in [0, 0.1) is 5.92 Å². The Labute approximate surface area is 197 Å². The maximum absolute atomic E-state index is 12.9. The van der Waals surface area contributed by atoms with E-state index < -0.39 is 10.0 Å². The van der Waals surface area contributed by atoms with E-state index in [1.54, 1.807) is 28.6 Å². The maximum Gasteiger partial charge on any atom is 0.260 e. The molecule has 0 aromatic heterocycles. The van der Waals surface area contributed by atoms with Crippen molar-refractivity contribution in [1.82, 2.24) is 9.21 Å². The first-order valence-electron chi connectivity index (χ1n) is 12.1. The number of carbonyl (C=O) groups is 1. The smallest absolute Gasteiger partial charge is 0.260 e. The first-order chi connectivity index (χ1) is 16.0. The van der Waals surface area contributed by atoms with Gasteiger partial charge in [0.25, 0.3) is 5.91 Å². The van der Waals surface area contributed by atoms with Gasteiger partial charge in [0.05, 0.1) is 4.90 Å². The van der Waals surface area contributed by atoms with E-state index in [2.05, 4.69) is 24.3 Å². The van der Waals surface area contributed by atoms with E-state index >= 15 is 0 Å². The van der Waals surface area contributed by atoms with Crippen molar-refractivity contribution in [2.24, 2.45) is 5.92 Å². The lowest BCUT2D eigenvalue weighted by Gasteiger charge is -2.32. The molecule has 6 nitrogen and oxygen atoms in total. The van der Waals surface area contributed by atoms with Crippen LogP contribution < -0.4 is 4.74 Å². The Balaban J connectivity index is 1.24. The molecule has 4 rings (SSSR count). The van der Waals surface area contributed by atoms with Crippen molar-refractivity contribution < 1.29 is 17.9 Å². The number of likely N-dealkylation sites (tertiary alicyclic amines) is 1. The van der Waals surface area contributed by atoms with Crippen molar-refractivity contribution >= 4 is 15.9 Å². The summed E-state index contributed by atoms with van der Waals surface area (Å²) in [5, 5.41) is 0. The summed E-state index contributed by atoms with van der Waals surface area (Å²) in [6, 6.07) is 16.9. The number of benzene rings is 2. The summed E-state index contributed by atoms with van der Waals surface area (Å²) >= 11 is 0. The zero-order valence-electron chi connectivity index (χ0n) is 19.2. The molecule has 7 heteroatoms. The number of carbonyl (C=O) groups excluding carboxylic acids is 1. The van der Waals surface area contributed by atoms with E-state index in [-0.39, 0.29) is 17.4 Å². The van der Waals surface area contributed by atoms with Crippen LogP contribution in [0.4, 0.5) is 0 Å². The zero-order chi connectivity index (χ0) is 23.1. The molecule has 0 N–H and O–H groups in total. The van der Waals surface area contributed by atoms with Crippen LogP contribution in [0.1, 0.15) is 44.1 Å². The van der Waals surface area contributed by atoms with Crippen LogP contribution in [0.3, 0.4) is 0 Å². The molecule has 2 heterocycles. The molecule has 0 saturated carbocycles. The van der Waals surface area contributed by atoms with Gasteiger partial charge in [-0.15, -0.1) is 0 Å². The van der Waals surface area contributed by atoms with Crippen LogP contribution in [-0.4, -0.2) is 56.3 Å². The zero-order valence-corrected chi connectivity index (χ0v) is 20.0. The third-order valence-electron chi connectivity index (χ3n) is 6.72. The Bertz CT molecular complexity index is 992. The Kier molecular flexibility index (Phi) is 8.04. The SMILES string of the molecule is O=C(COc1ccc(S(=O)(=O)N2CCCCCC2)cc1)N1CCC(Cc2ccccc2)CC1. The van der Waals surface area contributed by atoms with E-state index in [0.717, 1.165) is 58.0 Å². The molecule has 0 unspecified atom stereocenters. The molecule has 0 aliphatic carbocycles. The molecule has 0 atom stereocenters. The van der Waals surface area contributed by atoms with Crippen LogP contribution in [0.25, 0.3) is 0 Å². The maximum atomic E-state index is 12.9. The van der Waals surface area contributed by atoms with Crippen molar-refractivity contribution in [2.75, 3.05) is 32.8 Å². The van der Waals surface area contributed by atoms with Gasteiger partial charge in [0.15, 0.2) is 6.61 Å². The van der Waals surface area contributed by atoms with Gasteiger partial charge in [-0.2, -0.15) is 4.31 Å². The van der Waals surface area contributed by atoms with Crippen molar-refractivity contribution in [3.8, 4) is 5.75 Å². The fourth-order valence-corrected chi connectivity index (χ4v) is 6.23. The second kappa shape index (κ2) is 11.2. The van der Waals surface area contributed by atoms with Gasteiger partial charge in [0.1, 0.15) is 5.75 Å². The van der Waals surface area contributed by atoms with Crippen molar-refractivity contribution in [2.45, 2.75) is 49.8 Å². The third-order valence-corrected chi connectivity index (χ3v) is 8.64. The van der Waals surface area contributed by atoms with Gasteiger partial charge < -0.3 is 9.64 Å². The number of sulfonamides is 1. The van der Waals surface area contributed by atoms with Crippen LogP contribution in [0.15, 0.2) is 59.5 Å². The van der Waals surface area contributed by atoms with Gasteiger partial charge in [0, 0.05) is 26.2 Å². The van der Waals surface area contributed by atoms with E-state index in [0.29, 0.717) is 24.8 Å². The van der Waals surface area contributed by atoms with Gasteiger partial charge >= 0.3 is 0 Å². The van der Waals surface area contributed by atoms with Gasteiger partial charge in [0.2, 0.25) is 10.0 Å². The number of piperidine rings is 1. The minimum absolute atomic E-state index is 0.0191. The highest BCUT2D eigenvalue weighted by molar-refractivity contribution is 7.89. The van der Waals surface area contributed by atoms with Crippen LogP contribution in [0.2, 0.25) is 0 Å². The normalized spacial score (nSPS) is 18.6. The number of amides is 1. The molecule has 2 aliphatic rings. The van der Waals surface area contributed by atoms with Gasteiger partial charge in [-0.1, -0.05) is 43.2 Å². The average molecular weight is 471 g/mol. The van der Waals surface area contributed by atoms with Crippen LogP contribution >= 0.6 is 0 Å². The molecule has 0 bridgehead atoms. The number of hydrogen-bond donors (Lipinski definition) is 0. The minimum Gasteiger partial charge on any atom is -0.484 e. The van der Waals surface area contributed by atoms with Crippen molar-refractivity contribution in [1.29, 1.82) is 0 Å². The van der Waals surface area contributed by atoms with Crippen molar-refractivity contribution in [3.05, 3.63) is 60.2 Å². The predicted molar refractivity (Wildman–Crippen MR) is 129 cm³/mol. The Morgan fingerprint density at radius 3 is 2.12 bits per heavy atom. The predicted octanol–water partition coefficient (Wildman–Crippen LogP) is 4.11. The summed E-state index contributed by atoms with van der Waals surface area (Å²) in [7, 11) is -3.48. The Hall–Kier alpha value is -2.38. The molecule has 0 spiro atoms. The number of nitrogens with zero attached hydrogens (tertiary/aromatic N) is 2.